The lowest BCUT2D eigenvalue weighted by molar-refractivity contribution is -0.117. The van der Waals surface area contributed by atoms with Crippen molar-refractivity contribution >= 4 is 11.4 Å². The highest BCUT2D eigenvalue weighted by molar-refractivity contribution is 6.17. The van der Waals surface area contributed by atoms with E-state index in [9.17, 15) is 20.1 Å². The number of phenols is 2. The van der Waals surface area contributed by atoms with E-state index in [1.54, 1.807) is 24.3 Å². The topological polar surface area (TPSA) is 77.4 Å². The Hall–Kier alpha value is -2.59. The molecule has 1 atom stereocenters. The lowest BCUT2D eigenvalue weighted by Crippen LogP contribution is -2.22. The number of allylic oxidation sites excluding steroid dienone is 1. The highest BCUT2D eigenvalue weighted by Gasteiger charge is 2.35. The number of carbonyl (C=O) groups excluding carboxylic acids is 1. The van der Waals surface area contributed by atoms with Crippen LogP contribution in [0.2, 0.25) is 0 Å². The zero-order valence-corrected chi connectivity index (χ0v) is 11.1. The van der Waals surface area contributed by atoms with Gasteiger partial charge in [0.1, 0.15) is 11.5 Å². The number of hydrogen-bond acceptors (Lipinski definition) is 3. The van der Waals surface area contributed by atoms with Crippen LogP contribution in [0.4, 0.5) is 0 Å². The van der Waals surface area contributed by atoms with Gasteiger partial charge in [0.05, 0.1) is 0 Å². The van der Waals surface area contributed by atoms with E-state index in [0.717, 1.165) is 5.56 Å². The molecule has 1 radical (unpaired) electrons. The molecule has 0 saturated carbocycles. The summed E-state index contributed by atoms with van der Waals surface area (Å²) in [6, 6.07) is 12.6. The van der Waals surface area contributed by atoms with Crippen LogP contribution < -0.4 is 0 Å². The van der Waals surface area contributed by atoms with Crippen molar-refractivity contribution in [3.63, 3.8) is 0 Å². The molecule has 4 nitrogen and oxygen atoms in total. The first-order valence-electron chi connectivity index (χ1n) is 6.57. The zero-order valence-electron chi connectivity index (χ0n) is 11.1. The van der Waals surface area contributed by atoms with Crippen LogP contribution in [0, 0.1) is 0 Å². The predicted molar refractivity (Wildman–Crippen MR) is 76.2 cm³/mol. The highest BCUT2D eigenvalue weighted by Crippen LogP contribution is 2.42. The van der Waals surface area contributed by atoms with E-state index in [-0.39, 0.29) is 34.8 Å². The molecule has 2 aromatic carbocycles. The molecule has 1 aliphatic carbocycles. The van der Waals surface area contributed by atoms with Crippen molar-refractivity contribution in [2.75, 3.05) is 0 Å². The minimum atomic E-state index is -1.39. The van der Waals surface area contributed by atoms with Crippen LogP contribution in [-0.2, 0) is 9.90 Å². The van der Waals surface area contributed by atoms with Crippen LogP contribution in [0.15, 0.2) is 54.1 Å². The van der Waals surface area contributed by atoms with E-state index < -0.39 is 6.10 Å². The van der Waals surface area contributed by atoms with Crippen LogP contribution in [-0.4, -0.2) is 16.0 Å². The van der Waals surface area contributed by atoms with E-state index in [2.05, 4.69) is 0 Å². The Labute approximate surface area is 121 Å². The first kappa shape index (κ1) is 13.4. The Balaban J connectivity index is 2.03. The first-order valence-corrected chi connectivity index (χ1v) is 6.57. The van der Waals surface area contributed by atoms with Crippen LogP contribution in [0.5, 0.6) is 11.5 Å². The second-order valence-electron chi connectivity index (χ2n) is 4.98. The summed E-state index contributed by atoms with van der Waals surface area (Å²) in [6.45, 7) is 0. The molecular formula is C17H13O4. The Morgan fingerprint density at radius 2 is 1.62 bits per heavy atom. The maximum absolute atomic E-state index is 12.5. The Morgan fingerprint density at radius 1 is 0.952 bits per heavy atom. The van der Waals surface area contributed by atoms with Gasteiger partial charge in [0, 0.05) is 17.6 Å². The van der Waals surface area contributed by atoms with Crippen molar-refractivity contribution < 1.29 is 20.1 Å². The number of rotatable bonds is 3. The predicted octanol–water partition coefficient (Wildman–Crippen LogP) is 3.00. The van der Waals surface area contributed by atoms with Gasteiger partial charge in [-0.3, -0.25) is 4.79 Å². The first-order chi connectivity index (χ1) is 10.1. The van der Waals surface area contributed by atoms with E-state index in [1.807, 2.05) is 0 Å². The molecule has 0 aliphatic heterocycles. The van der Waals surface area contributed by atoms with Crippen molar-refractivity contribution in [1.29, 1.82) is 0 Å². The molecule has 0 bridgehead atoms. The number of phenolic OH excluding ortho intramolecular Hbond substituents is 2. The third kappa shape index (κ3) is 2.30. The summed E-state index contributed by atoms with van der Waals surface area (Å²) in [5.41, 5.74) is 1.83. The standard InChI is InChI=1S/C17H13O4/c18-11-7-5-10(6-8-11)13-9-15(20)16(13)17(21)12-3-1-2-4-14(12)19/h1-8,17-19H,9H2. The Morgan fingerprint density at radius 3 is 2.24 bits per heavy atom. The maximum Gasteiger partial charge on any atom is 0.166 e. The molecule has 0 fully saturated rings. The molecule has 3 rings (SSSR count). The van der Waals surface area contributed by atoms with E-state index >= 15 is 0 Å². The lowest BCUT2D eigenvalue weighted by Gasteiger charge is -2.26. The monoisotopic (exact) mass is 281 g/mol. The van der Waals surface area contributed by atoms with Gasteiger partial charge < -0.3 is 10.2 Å². The molecule has 0 saturated heterocycles. The minimum absolute atomic E-state index is 0.102. The number of carbonyl (C=O) groups is 1. The molecule has 0 aromatic heterocycles. The van der Waals surface area contributed by atoms with Crippen molar-refractivity contribution in [3.05, 3.63) is 65.2 Å². The fraction of sp³-hybridized carbons (Fsp3) is 0.118. The number of para-hydroxylation sites is 1. The molecule has 2 aromatic rings. The van der Waals surface area contributed by atoms with E-state index in [4.69, 9.17) is 0 Å². The summed E-state index contributed by atoms with van der Waals surface area (Å²) in [4.78, 5) is 11.8. The lowest BCUT2D eigenvalue weighted by atomic mass is 9.78. The molecule has 105 valence electrons. The summed E-state index contributed by atoms with van der Waals surface area (Å²) >= 11 is 0. The maximum atomic E-state index is 12.5. The summed E-state index contributed by atoms with van der Waals surface area (Å²) in [5.74, 6) is -0.165. The van der Waals surface area contributed by atoms with Gasteiger partial charge >= 0.3 is 0 Å². The highest BCUT2D eigenvalue weighted by atomic mass is 16.3. The van der Waals surface area contributed by atoms with Crippen molar-refractivity contribution in [1.82, 2.24) is 0 Å². The summed E-state index contributed by atoms with van der Waals surface area (Å²) in [5, 5.41) is 31.6. The van der Waals surface area contributed by atoms with Crippen molar-refractivity contribution in [2.24, 2.45) is 0 Å². The minimum Gasteiger partial charge on any atom is -0.508 e. The molecule has 0 heterocycles. The number of benzene rings is 2. The molecule has 4 heteroatoms. The smallest absolute Gasteiger partial charge is 0.166 e. The van der Waals surface area contributed by atoms with Gasteiger partial charge in [0.2, 0.25) is 0 Å². The van der Waals surface area contributed by atoms with Crippen LogP contribution in [0.3, 0.4) is 0 Å². The fourth-order valence-electron chi connectivity index (χ4n) is 2.50. The molecule has 0 spiro atoms. The van der Waals surface area contributed by atoms with Crippen LogP contribution in [0.25, 0.3) is 5.57 Å². The third-order valence-electron chi connectivity index (χ3n) is 3.66. The van der Waals surface area contributed by atoms with Gasteiger partial charge in [-0.1, -0.05) is 30.3 Å². The fourth-order valence-corrected chi connectivity index (χ4v) is 2.50. The average molecular weight is 281 g/mol. The normalized spacial score (nSPS) is 15.8. The van der Waals surface area contributed by atoms with E-state index in [1.165, 1.54) is 24.3 Å². The Kier molecular flexibility index (Phi) is 3.23. The second-order valence-corrected chi connectivity index (χ2v) is 4.98. The van der Waals surface area contributed by atoms with Gasteiger partial charge in [-0.25, -0.2) is 5.11 Å². The number of Topliss-reactive ketones (excluding diaryl/α,β-unsaturated/α-hetero) is 1. The van der Waals surface area contributed by atoms with Crippen LogP contribution in [0.1, 0.15) is 23.7 Å². The van der Waals surface area contributed by atoms with Gasteiger partial charge in [0.15, 0.2) is 11.9 Å². The van der Waals surface area contributed by atoms with Crippen molar-refractivity contribution in [3.8, 4) is 11.5 Å². The van der Waals surface area contributed by atoms with Crippen LogP contribution >= 0.6 is 0 Å². The van der Waals surface area contributed by atoms with E-state index in [0.29, 0.717) is 5.57 Å². The largest absolute Gasteiger partial charge is 0.508 e. The summed E-state index contributed by atoms with van der Waals surface area (Å²) < 4.78 is 0. The van der Waals surface area contributed by atoms with Gasteiger partial charge in [-0.2, -0.15) is 0 Å². The second kappa shape index (κ2) is 5.07. The molecule has 1 unspecified atom stereocenters. The summed E-state index contributed by atoms with van der Waals surface area (Å²) in [7, 11) is 0. The SMILES string of the molecule is [O]C(C1=C(c2ccc(O)cc2)CC1=O)c1ccccc1O. The molecule has 2 N–H and O–H groups in total. The quantitative estimate of drug-likeness (QED) is 0.907. The number of aromatic hydroxyl groups is 2. The molecular weight excluding hydrogens is 268 g/mol. The van der Waals surface area contributed by atoms with Gasteiger partial charge in [0.25, 0.3) is 0 Å². The molecule has 21 heavy (non-hydrogen) atoms. The zero-order chi connectivity index (χ0) is 15.0. The average Bonchev–Trinajstić information content (AvgIpc) is 2.46. The van der Waals surface area contributed by atoms with Gasteiger partial charge in [-0.15, -0.1) is 0 Å². The van der Waals surface area contributed by atoms with Crippen molar-refractivity contribution in [2.45, 2.75) is 12.5 Å². The summed E-state index contributed by atoms with van der Waals surface area (Å²) in [6.07, 6.45) is -1.18. The third-order valence-corrected chi connectivity index (χ3v) is 3.66. The van der Waals surface area contributed by atoms with Gasteiger partial charge in [-0.05, 0) is 29.3 Å². The number of ketones is 1. The molecule has 0 amide bonds. The molecule has 1 aliphatic rings. The number of hydrogen-bond donors (Lipinski definition) is 2. The Bertz CT molecular complexity index is 729.